The number of hydrogen-bond acceptors (Lipinski definition) is 3. The molecule has 0 atom stereocenters. The van der Waals surface area contributed by atoms with Gasteiger partial charge in [-0.1, -0.05) is 53.0 Å². The van der Waals surface area contributed by atoms with E-state index in [4.69, 9.17) is 34.8 Å². The van der Waals surface area contributed by atoms with Gasteiger partial charge in [-0.25, -0.2) is 0 Å². The lowest BCUT2D eigenvalue weighted by Gasteiger charge is -2.10. The minimum absolute atomic E-state index is 0.165. The molecule has 0 aliphatic rings. The molecule has 0 spiro atoms. The first-order valence-electron chi connectivity index (χ1n) is 4.00. The Morgan fingerprint density at radius 3 is 2.33 bits per heavy atom. The predicted octanol–water partition coefficient (Wildman–Crippen LogP) is 2.49. The molecule has 0 fully saturated rings. The molecular weight excluding hydrogens is 258 g/mol. The number of para-hydroxylation sites is 1. The van der Waals surface area contributed by atoms with E-state index in [0.29, 0.717) is 0 Å². The molecule has 0 saturated heterocycles. The highest BCUT2D eigenvalue weighted by Crippen LogP contribution is 2.36. The van der Waals surface area contributed by atoms with E-state index in [2.05, 4.69) is 15.5 Å². The quantitative estimate of drug-likeness (QED) is 0.743. The maximum Gasteiger partial charge on any atom is 0.252 e. The van der Waals surface area contributed by atoms with E-state index in [9.17, 15) is 0 Å². The fourth-order valence-corrected chi connectivity index (χ4v) is 1.46. The van der Waals surface area contributed by atoms with Gasteiger partial charge in [0.1, 0.15) is 0 Å². The minimum Gasteiger partial charge on any atom is -0.193 e. The minimum atomic E-state index is -1.64. The Morgan fingerprint density at radius 2 is 1.73 bits per heavy atom. The second kappa shape index (κ2) is 3.96. The highest BCUT2D eigenvalue weighted by molar-refractivity contribution is 6.66. The van der Waals surface area contributed by atoms with Crippen LogP contribution in [0.3, 0.4) is 0 Å². The molecule has 2 aromatic rings. The van der Waals surface area contributed by atoms with Crippen molar-refractivity contribution in [3.8, 4) is 5.69 Å². The summed E-state index contributed by atoms with van der Waals surface area (Å²) in [6.45, 7) is 0. The van der Waals surface area contributed by atoms with Gasteiger partial charge in [-0.15, -0.1) is 5.10 Å². The Labute approximate surface area is 101 Å². The van der Waals surface area contributed by atoms with Crippen molar-refractivity contribution in [3.63, 3.8) is 0 Å². The van der Waals surface area contributed by atoms with Crippen LogP contribution in [0.5, 0.6) is 0 Å². The zero-order chi connectivity index (χ0) is 10.9. The number of aromatic nitrogens is 4. The van der Waals surface area contributed by atoms with E-state index in [-0.39, 0.29) is 5.82 Å². The molecule has 78 valence electrons. The van der Waals surface area contributed by atoms with Crippen molar-refractivity contribution in [3.05, 3.63) is 36.2 Å². The highest BCUT2D eigenvalue weighted by Gasteiger charge is 2.30. The molecule has 1 aromatic carbocycles. The molecule has 2 rings (SSSR count). The third-order valence-corrected chi connectivity index (χ3v) is 2.23. The number of alkyl halides is 3. The molecule has 0 unspecified atom stereocenters. The molecule has 1 aromatic heterocycles. The van der Waals surface area contributed by atoms with E-state index < -0.39 is 3.79 Å². The first-order valence-corrected chi connectivity index (χ1v) is 5.13. The molecule has 0 aliphatic heterocycles. The van der Waals surface area contributed by atoms with Crippen molar-refractivity contribution in [2.45, 2.75) is 3.79 Å². The van der Waals surface area contributed by atoms with Crippen LogP contribution in [0.4, 0.5) is 0 Å². The SMILES string of the molecule is ClC(Cl)(Cl)c1nnnn1-c1ccccc1. The van der Waals surface area contributed by atoms with Crippen LogP contribution in [0.25, 0.3) is 5.69 Å². The molecular formula is C8H5Cl3N4. The van der Waals surface area contributed by atoms with Gasteiger partial charge in [0.05, 0.1) is 5.69 Å². The van der Waals surface area contributed by atoms with Crippen LogP contribution in [-0.4, -0.2) is 20.2 Å². The smallest absolute Gasteiger partial charge is 0.193 e. The van der Waals surface area contributed by atoms with Gasteiger partial charge in [0, 0.05) is 0 Å². The second-order valence-corrected chi connectivity index (χ2v) is 5.03. The monoisotopic (exact) mass is 262 g/mol. The van der Waals surface area contributed by atoms with Gasteiger partial charge in [0.25, 0.3) is 3.79 Å². The summed E-state index contributed by atoms with van der Waals surface area (Å²) < 4.78 is -0.258. The first kappa shape index (κ1) is 10.7. The standard InChI is InChI=1S/C8H5Cl3N4/c9-8(10,11)7-12-13-14-15(7)6-4-2-1-3-5-6/h1-5H. The van der Waals surface area contributed by atoms with Gasteiger partial charge in [0.2, 0.25) is 5.82 Å². The molecule has 0 saturated carbocycles. The lowest BCUT2D eigenvalue weighted by molar-refractivity contribution is 0.769. The normalized spacial score (nSPS) is 11.7. The highest BCUT2D eigenvalue weighted by atomic mass is 35.6. The van der Waals surface area contributed by atoms with Gasteiger partial charge >= 0.3 is 0 Å². The van der Waals surface area contributed by atoms with Gasteiger partial charge in [-0.05, 0) is 22.6 Å². The number of halogens is 3. The zero-order valence-electron chi connectivity index (χ0n) is 7.31. The van der Waals surface area contributed by atoms with E-state index in [1.165, 1.54) is 4.68 Å². The number of benzene rings is 1. The summed E-state index contributed by atoms with van der Waals surface area (Å²) in [6, 6.07) is 9.20. The third kappa shape index (κ3) is 2.22. The van der Waals surface area contributed by atoms with Gasteiger partial charge in [0.15, 0.2) is 0 Å². The van der Waals surface area contributed by atoms with Crippen LogP contribution in [0.1, 0.15) is 5.82 Å². The maximum absolute atomic E-state index is 5.72. The molecule has 0 radical (unpaired) electrons. The fourth-order valence-electron chi connectivity index (χ4n) is 1.11. The van der Waals surface area contributed by atoms with Gasteiger partial charge < -0.3 is 0 Å². The van der Waals surface area contributed by atoms with Crippen molar-refractivity contribution in [1.29, 1.82) is 0 Å². The van der Waals surface area contributed by atoms with Crippen molar-refractivity contribution >= 4 is 34.8 Å². The Kier molecular flexibility index (Phi) is 2.82. The average molecular weight is 264 g/mol. The number of hydrogen-bond donors (Lipinski definition) is 0. The number of nitrogens with zero attached hydrogens (tertiary/aromatic N) is 4. The van der Waals surface area contributed by atoms with Crippen molar-refractivity contribution < 1.29 is 0 Å². The Hall–Kier alpha value is -0.840. The van der Waals surface area contributed by atoms with Crippen LogP contribution in [0.15, 0.2) is 30.3 Å². The van der Waals surface area contributed by atoms with Crippen LogP contribution in [-0.2, 0) is 3.79 Å². The Bertz CT molecular complexity index is 448. The molecule has 0 N–H and O–H groups in total. The molecule has 0 aliphatic carbocycles. The second-order valence-electron chi connectivity index (χ2n) is 2.75. The van der Waals surface area contributed by atoms with Crippen LogP contribution in [0, 0.1) is 0 Å². The molecule has 0 bridgehead atoms. The van der Waals surface area contributed by atoms with Crippen LogP contribution >= 0.6 is 34.8 Å². The summed E-state index contributed by atoms with van der Waals surface area (Å²) in [5.41, 5.74) is 0.740. The van der Waals surface area contributed by atoms with E-state index >= 15 is 0 Å². The summed E-state index contributed by atoms with van der Waals surface area (Å²) in [5.74, 6) is 0.165. The Balaban J connectivity index is 2.51. The summed E-state index contributed by atoms with van der Waals surface area (Å²) >= 11 is 17.2. The largest absolute Gasteiger partial charge is 0.252 e. The predicted molar refractivity (Wildman–Crippen MR) is 58.4 cm³/mol. The van der Waals surface area contributed by atoms with E-state index in [1.807, 2.05) is 30.3 Å². The lowest BCUT2D eigenvalue weighted by Crippen LogP contribution is -2.11. The Morgan fingerprint density at radius 1 is 1.07 bits per heavy atom. The molecule has 7 heteroatoms. The molecule has 0 amide bonds. The molecule has 4 nitrogen and oxygen atoms in total. The van der Waals surface area contributed by atoms with Crippen molar-refractivity contribution in [2.24, 2.45) is 0 Å². The van der Waals surface area contributed by atoms with E-state index in [1.54, 1.807) is 0 Å². The number of rotatable bonds is 1. The lowest BCUT2D eigenvalue weighted by atomic mass is 10.3. The van der Waals surface area contributed by atoms with Crippen molar-refractivity contribution in [1.82, 2.24) is 20.2 Å². The van der Waals surface area contributed by atoms with E-state index in [0.717, 1.165) is 5.69 Å². The third-order valence-electron chi connectivity index (χ3n) is 1.72. The van der Waals surface area contributed by atoms with Crippen LogP contribution < -0.4 is 0 Å². The van der Waals surface area contributed by atoms with Crippen LogP contribution in [0.2, 0.25) is 0 Å². The first-order chi connectivity index (χ1) is 7.09. The van der Waals surface area contributed by atoms with Crippen molar-refractivity contribution in [2.75, 3.05) is 0 Å². The van der Waals surface area contributed by atoms with Gasteiger partial charge in [-0.2, -0.15) is 4.68 Å². The summed E-state index contributed by atoms with van der Waals surface area (Å²) in [7, 11) is 0. The summed E-state index contributed by atoms with van der Waals surface area (Å²) in [4.78, 5) is 0. The fraction of sp³-hybridized carbons (Fsp3) is 0.125. The molecule has 1 heterocycles. The number of tetrazole rings is 1. The topological polar surface area (TPSA) is 43.6 Å². The average Bonchev–Trinajstić information content (AvgIpc) is 2.67. The summed E-state index contributed by atoms with van der Waals surface area (Å²) in [6.07, 6.45) is 0. The zero-order valence-corrected chi connectivity index (χ0v) is 9.58. The maximum atomic E-state index is 5.72. The van der Waals surface area contributed by atoms with Gasteiger partial charge in [-0.3, -0.25) is 0 Å². The summed E-state index contributed by atoms with van der Waals surface area (Å²) in [5, 5.41) is 10.9. The molecule has 15 heavy (non-hydrogen) atoms.